The zero-order valence-electron chi connectivity index (χ0n) is 18.0. The first kappa shape index (κ1) is 20.1. The van der Waals surface area contributed by atoms with E-state index in [1.54, 1.807) is 10.9 Å². The van der Waals surface area contributed by atoms with E-state index in [2.05, 4.69) is 45.3 Å². The Morgan fingerprint density at radius 3 is 2.85 bits per heavy atom. The van der Waals surface area contributed by atoms with Gasteiger partial charge in [0.25, 0.3) is 0 Å². The summed E-state index contributed by atoms with van der Waals surface area (Å²) in [6.45, 7) is 0.168. The summed E-state index contributed by atoms with van der Waals surface area (Å²) in [6, 6.07) is 14.5. The van der Waals surface area contributed by atoms with Gasteiger partial charge < -0.3 is 25.1 Å². The molecule has 0 saturated carbocycles. The van der Waals surface area contributed by atoms with E-state index < -0.39 is 24.5 Å². The van der Waals surface area contributed by atoms with Crippen LogP contribution in [0.1, 0.15) is 17.4 Å². The van der Waals surface area contributed by atoms with Crippen molar-refractivity contribution in [2.75, 3.05) is 19.5 Å². The predicted molar refractivity (Wildman–Crippen MR) is 121 cm³/mol. The molecule has 4 aromatic rings. The Morgan fingerprint density at radius 1 is 1.12 bits per heavy atom. The van der Waals surface area contributed by atoms with Gasteiger partial charge in [0.15, 0.2) is 17.7 Å². The van der Waals surface area contributed by atoms with Crippen molar-refractivity contribution in [2.24, 2.45) is 0 Å². The Labute approximate surface area is 189 Å². The average molecular weight is 445 g/mol. The van der Waals surface area contributed by atoms with Crippen LogP contribution in [0.2, 0.25) is 0 Å². The number of anilines is 1. The van der Waals surface area contributed by atoms with Gasteiger partial charge in [0.1, 0.15) is 42.5 Å². The normalized spacial score (nSPS) is 23.6. The van der Waals surface area contributed by atoms with Gasteiger partial charge in [-0.05, 0) is 40.8 Å². The number of hydrogen-bond acceptors (Lipinski definition) is 8. The minimum atomic E-state index is -0.896. The lowest BCUT2D eigenvalue weighted by Crippen LogP contribution is -2.35. The summed E-state index contributed by atoms with van der Waals surface area (Å²) >= 11 is 0. The summed E-state index contributed by atoms with van der Waals surface area (Å²) in [5, 5.41) is 10.9. The van der Waals surface area contributed by atoms with E-state index in [1.807, 2.05) is 12.1 Å². The van der Waals surface area contributed by atoms with Gasteiger partial charge in [0.05, 0.1) is 6.33 Å². The summed E-state index contributed by atoms with van der Waals surface area (Å²) < 4.78 is 19.5. The van der Waals surface area contributed by atoms with Crippen molar-refractivity contribution < 1.29 is 19.3 Å². The fourth-order valence-electron chi connectivity index (χ4n) is 4.76. The van der Waals surface area contributed by atoms with Crippen molar-refractivity contribution in [1.29, 1.82) is 0 Å². The van der Waals surface area contributed by atoms with Gasteiger partial charge in [-0.15, -0.1) is 0 Å². The number of imidazole rings is 1. The number of ether oxygens (including phenoxy) is 3. The second-order valence-corrected chi connectivity index (χ2v) is 8.30. The van der Waals surface area contributed by atoms with Gasteiger partial charge in [0, 0.05) is 7.11 Å². The van der Waals surface area contributed by atoms with Crippen molar-refractivity contribution in [3.05, 3.63) is 66.2 Å². The molecule has 2 aromatic carbocycles. The lowest BCUT2D eigenvalue weighted by molar-refractivity contribution is -0.0560. The van der Waals surface area contributed by atoms with E-state index >= 15 is 0 Å². The maximum absolute atomic E-state index is 10.9. The first-order chi connectivity index (χ1) is 16.1. The number of fused-ring (bicyclic) bond motifs is 4. The van der Waals surface area contributed by atoms with E-state index in [4.69, 9.17) is 19.9 Å². The van der Waals surface area contributed by atoms with Crippen molar-refractivity contribution >= 4 is 17.0 Å². The Hall–Kier alpha value is -3.53. The Morgan fingerprint density at radius 2 is 1.97 bits per heavy atom. The molecule has 9 nitrogen and oxygen atoms in total. The molecule has 0 radical (unpaired) electrons. The number of benzene rings is 2. The number of rotatable bonds is 5. The van der Waals surface area contributed by atoms with Crippen LogP contribution in [0.25, 0.3) is 22.3 Å². The molecule has 0 bridgehead atoms. The average Bonchev–Trinajstić information content (AvgIpc) is 3.51. The van der Waals surface area contributed by atoms with Crippen LogP contribution in [0.5, 0.6) is 5.75 Å². The molecule has 1 fully saturated rings. The van der Waals surface area contributed by atoms with Gasteiger partial charge in [-0.25, -0.2) is 15.0 Å². The first-order valence-corrected chi connectivity index (χ1v) is 10.8. The highest BCUT2D eigenvalue weighted by Crippen LogP contribution is 2.39. The highest BCUT2D eigenvalue weighted by atomic mass is 16.6. The first-order valence-electron chi connectivity index (χ1n) is 10.8. The van der Waals surface area contributed by atoms with E-state index in [-0.39, 0.29) is 12.4 Å². The van der Waals surface area contributed by atoms with Crippen LogP contribution in [-0.4, -0.2) is 56.7 Å². The van der Waals surface area contributed by atoms with Crippen molar-refractivity contribution in [3.8, 4) is 16.9 Å². The molecule has 2 aromatic heterocycles. The zero-order chi connectivity index (χ0) is 22.5. The molecule has 2 aliphatic rings. The zero-order valence-corrected chi connectivity index (χ0v) is 18.0. The van der Waals surface area contributed by atoms with Gasteiger partial charge in [-0.2, -0.15) is 0 Å². The highest BCUT2D eigenvalue weighted by Gasteiger charge is 2.46. The molecule has 0 spiro atoms. The van der Waals surface area contributed by atoms with Crippen molar-refractivity contribution in [1.82, 2.24) is 19.5 Å². The number of methoxy groups -OCH3 is 1. The lowest BCUT2D eigenvalue weighted by atomic mass is 10.1. The van der Waals surface area contributed by atoms with Crippen LogP contribution >= 0.6 is 0 Å². The number of nitrogens with two attached hydrogens (primary N) is 1. The predicted octanol–water partition coefficient (Wildman–Crippen LogP) is 2.33. The molecular weight excluding hydrogens is 422 g/mol. The van der Waals surface area contributed by atoms with E-state index in [0.29, 0.717) is 11.2 Å². The third-order valence-corrected chi connectivity index (χ3v) is 6.43. The van der Waals surface area contributed by atoms with E-state index in [9.17, 15) is 5.11 Å². The van der Waals surface area contributed by atoms with Crippen LogP contribution < -0.4 is 10.5 Å². The standard InChI is InChI=1S/C24H23N5O4/c1-31-21-20(30)18(33-24(21)29-12-28-19-22(25)26-11-27-23(19)29)10-32-15-7-6-14-8-13-4-2-3-5-16(13)17(14)9-15/h2-7,9,11-12,18,20-21,24,30H,8,10H2,1H3,(H2,25,26,27)/t18-,20-,21-,24-/m1/s1. The summed E-state index contributed by atoms with van der Waals surface area (Å²) in [4.78, 5) is 12.5. The second-order valence-electron chi connectivity index (χ2n) is 8.30. The van der Waals surface area contributed by atoms with Gasteiger partial charge in [-0.1, -0.05) is 30.3 Å². The third kappa shape index (κ3) is 3.24. The topological polar surface area (TPSA) is 118 Å². The van der Waals surface area contributed by atoms with Crippen LogP contribution in [0, 0.1) is 0 Å². The number of nitrogen functional groups attached to an aromatic ring is 1. The number of hydrogen-bond donors (Lipinski definition) is 2. The summed E-state index contributed by atoms with van der Waals surface area (Å²) in [7, 11) is 1.54. The monoisotopic (exact) mass is 445 g/mol. The molecule has 1 saturated heterocycles. The molecule has 6 rings (SSSR count). The molecule has 168 valence electrons. The number of aliphatic hydroxyl groups is 1. The fraction of sp³-hybridized carbons (Fsp3) is 0.292. The summed E-state index contributed by atoms with van der Waals surface area (Å²) in [6.07, 6.45) is 1.11. The second kappa shape index (κ2) is 7.80. The largest absolute Gasteiger partial charge is 0.491 e. The molecule has 0 unspecified atom stereocenters. The van der Waals surface area contributed by atoms with Crippen LogP contribution in [-0.2, 0) is 15.9 Å². The Balaban J connectivity index is 1.22. The van der Waals surface area contributed by atoms with Gasteiger partial charge >= 0.3 is 0 Å². The number of aromatic nitrogens is 4. The molecule has 9 heteroatoms. The summed E-state index contributed by atoms with van der Waals surface area (Å²) in [5.41, 5.74) is 11.9. The van der Waals surface area contributed by atoms with Crippen LogP contribution in [0.3, 0.4) is 0 Å². The van der Waals surface area contributed by atoms with Crippen LogP contribution in [0.4, 0.5) is 5.82 Å². The van der Waals surface area contributed by atoms with Gasteiger partial charge in [-0.3, -0.25) is 4.57 Å². The number of nitrogens with zero attached hydrogens (tertiary/aromatic N) is 4. The summed E-state index contributed by atoms with van der Waals surface area (Å²) in [5.74, 6) is 1.01. The molecule has 1 aliphatic heterocycles. The van der Waals surface area contributed by atoms with Gasteiger partial charge in [0.2, 0.25) is 0 Å². The molecule has 3 N–H and O–H groups in total. The SMILES string of the molecule is CO[C@@H]1[C@H](O)[C@@H](COc2ccc3c(c2)-c2ccccc2C3)O[C@H]1n1cnc2c(N)ncnc21. The maximum atomic E-state index is 10.9. The maximum Gasteiger partial charge on any atom is 0.167 e. The number of aliphatic hydroxyl groups excluding tert-OH is 1. The molecule has 33 heavy (non-hydrogen) atoms. The smallest absolute Gasteiger partial charge is 0.167 e. The minimum absolute atomic E-state index is 0.168. The Bertz CT molecular complexity index is 1340. The Kier molecular flexibility index (Phi) is 4.75. The molecular formula is C24H23N5O4. The van der Waals surface area contributed by atoms with Crippen molar-refractivity contribution in [2.45, 2.75) is 31.0 Å². The molecule has 0 amide bonds. The van der Waals surface area contributed by atoms with Crippen molar-refractivity contribution in [3.63, 3.8) is 0 Å². The molecule has 3 heterocycles. The lowest BCUT2D eigenvalue weighted by Gasteiger charge is -2.19. The molecule has 4 atom stereocenters. The quantitative estimate of drug-likeness (QED) is 0.423. The minimum Gasteiger partial charge on any atom is -0.491 e. The highest BCUT2D eigenvalue weighted by molar-refractivity contribution is 5.81. The van der Waals surface area contributed by atoms with E-state index in [1.165, 1.54) is 35.7 Å². The third-order valence-electron chi connectivity index (χ3n) is 6.43. The van der Waals surface area contributed by atoms with Crippen LogP contribution in [0.15, 0.2) is 55.1 Å². The molecule has 1 aliphatic carbocycles. The fourth-order valence-corrected chi connectivity index (χ4v) is 4.76. The van der Waals surface area contributed by atoms with E-state index in [0.717, 1.165) is 12.2 Å².